The number of anilines is 1. The summed E-state index contributed by atoms with van der Waals surface area (Å²) in [6.07, 6.45) is 0.780. The van der Waals surface area contributed by atoms with Crippen molar-refractivity contribution in [2.24, 2.45) is 0 Å². The number of nitrogens with zero attached hydrogens (tertiary/aromatic N) is 3. The molecule has 1 saturated heterocycles. The molecule has 1 aromatic carbocycles. The average molecular weight is 322 g/mol. The Morgan fingerprint density at radius 1 is 1.41 bits per heavy atom. The number of fused-ring (bicyclic) bond motifs is 1. The zero-order chi connectivity index (χ0) is 15.7. The predicted octanol–water partition coefficient (Wildman–Crippen LogP) is 2.05. The molecule has 1 fully saturated rings. The van der Waals surface area contributed by atoms with Crippen molar-refractivity contribution in [1.82, 2.24) is 9.97 Å². The van der Waals surface area contributed by atoms with Crippen molar-refractivity contribution < 1.29 is 14.3 Å². The molecule has 2 heterocycles. The van der Waals surface area contributed by atoms with E-state index in [4.69, 9.17) is 21.1 Å². The molecule has 1 aliphatic rings. The highest BCUT2D eigenvalue weighted by atomic mass is 35.5. The number of hydrogen-bond donors (Lipinski definition) is 0. The van der Waals surface area contributed by atoms with Crippen LogP contribution in [0.1, 0.15) is 6.92 Å². The van der Waals surface area contributed by atoms with E-state index in [1.165, 1.54) is 13.4 Å². The molecule has 22 heavy (non-hydrogen) atoms. The average Bonchev–Trinajstić information content (AvgIpc) is 2.52. The topological polar surface area (TPSA) is 64.5 Å². The summed E-state index contributed by atoms with van der Waals surface area (Å²) in [5.74, 6) is 0.392. The zero-order valence-electron chi connectivity index (χ0n) is 12.3. The maximum absolute atomic E-state index is 11.8. The van der Waals surface area contributed by atoms with E-state index in [2.05, 4.69) is 9.97 Å². The number of carbonyl (C=O) groups is 1. The van der Waals surface area contributed by atoms with E-state index in [0.717, 1.165) is 16.7 Å². The Labute approximate surface area is 133 Å². The minimum absolute atomic E-state index is 0.102. The van der Waals surface area contributed by atoms with Crippen molar-refractivity contribution in [2.45, 2.75) is 19.1 Å². The normalized spacial score (nSPS) is 21.9. The van der Waals surface area contributed by atoms with E-state index < -0.39 is 6.10 Å². The Morgan fingerprint density at radius 2 is 2.23 bits per heavy atom. The summed E-state index contributed by atoms with van der Waals surface area (Å²) >= 11 is 6.01. The minimum Gasteiger partial charge on any atom is -0.467 e. The number of carbonyl (C=O) groups excluding carboxylic acids is 1. The number of morpholine rings is 1. The van der Waals surface area contributed by atoms with Gasteiger partial charge in [-0.05, 0) is 25.1 Å². The lowest BCUT2D eigenvalue weighted by atomic mass is 10.1. The molecule has 0 saturated carbocycles. The first-order chi connectivity index (χ1) is 10.6. The first kappa shape index (κ1) is 15.0. The molecule has 1 aliphatic heterocycles. The predicted molar refractivity (Wildman–Crippen MR) is 83.1 cm³/mol. The van der Waals surface area contributed by atoms with Gasteiger partial charge in [-0.3, -0.25) is 0 Å². The molecule has 0 amide bonds. The standard InChI is InChI=1S/C15H16ClN3O3/c1-9-6-19(7-13(22-9)15(20)21-2)14-11-4-3-10(16)5-12(11)17-8-18-14/h3-5,8-9,13H,6-7H2,1-2H3/t9-,13?/m1/s1. The summed E-state index contributed by atoms with van der Waals surface area (Å²) in [5.41, 5.74) is 0.770. The van der Waals surface area contributed by atoms with Gasteiger partial charge < -0.3 is 14.4 Å². The summed E-state index contributed by atoms with van der Waals surface area (Å²) in [5, 5.41) is 1.52. The summed E-state index contributed by atoms with van der Waals surface area (Å²) in [4.78, 5) is 22.4. The Bertz CT molecular complexity index is 709. The number of halogens is 1. The summed E-state index contributed by atoms with van der Waals surface area (Å²) in [7, 11) is 1.36. The van der Waals surface area contributed by atoms with Gasteiger partial charge in [-0.25, -0.2) is 14.8 Å². The van der Waals surface area contributed by atoms with E-state index in [0.29, 0.717) is 18.1 Å². The van der Waals surface area contributed by atoms with Crippen molar-refractivity contribution in [3.05, 3.63) is 29.5 Å². The largest absolute Gasteiger partial charge is 0.467 e. The highest BCUT2D eigenvalue weighted by Gasteiger charge is 2.32. The van der Waals surface area contributed by atoms with Crippen LogP contribution in [0, 0.1) is 0 Å². The van der Waals surface area contributed by atoms with E-state index >= 15 is 0 Å². The molecule has 1 unspecified atom stereocenters. The van der Waals surface area contributed by atoms with Gasteiger partial charge in [0.2, 0.25) is 0 Å². The number of ether oxygens (including phenoxy) is 2. The maximum Gasteiger partial charge on any atom is 0.336 e. The Balaban J connectivity index is 1.97. The molecule has 116 valence electrons. The first-order valence-corrected chi connectivity index (χ1v) is 7.35. The molecule has 2 aromatic rings. The van der Waals surface area contributed by atoms with Crippen LogP contribution < -0.4 is 4.90 Å². The molecule has 1 aromatic heterocycles. The molecular formula is C15H16ClN3O3. The zero-order valence-corrected chi connectivity index (χ0v) is 13.1. The number of benzene rings is 1. The van der Waals surface area contributed by atoms with Gasteiger partial charge in [0, 0.05) is 17.0 Å². The van der Waals surface area contributed by atoms with Crippen LogP contribution in [0.4, 0.5) is 5.82 Å². The van der Waals surface area contributed by atoms with Crippen LogP contribution in [0.3, 0.4) is 0 Å². The lowest BCUT2D eigenvalue weighted by Crippen LogP contribution is -2.50. The lowest BCUT2D eigenvalue weighted by Gasteiger charge is -2.36. The van der Waals surface area contributed by atoms with Crippen LogP contribution >= 0.6 is 11.6 Å². The van der Waals surface area contributed by atoms with Crippen molar-refractivity contribution in [3.63, 3.8) is 0 Å². The number of methoxy groups -OCH3 is 1. The quantitative estimate of drug-likeness (QED) is 0.789. The molecular weight excluding hydrogens is 306 g/mol. The molecule has 0 radical (unpaired) electrons. The van der Waals surface area contributed by atoms with E-state index in [1.54, 1.807) is 12.1 Å². The maximum atomic E-state index is 11.8. The third kappa shape index (κ3) is 2.84. The molecule has 7 heteroatoms. The number of rotatable bonds is 2. The summed E-state index contributed by atoms with van der Waals surface area (Å²) < 4.78 is 10.4. The second-order valence-corrected chi connectivity index (χ2v) is 5.66. The fraction of sp³-hybridized carbons (Fsp3) is 0.400. The van der Waals surface area contributed by atoms with E-state index in [-0.39, 0.29) is 12.1 Å². The van der Waals surface area contributed by atoms with Gasteiger partial charge in [-0.1, -0.05) is 11.6 Å². The van der Waals surface area contributed by atoms with Gasteiger partial charge in [0.15, 0.2) is 6.10 Å². The monoisotopic (exact) mass is 321 g/mol. The third-order valence-electron chi connectivity index (χ3n) is 3.60. The van der Waals surface area contributed by atoms with E-state index in [1.807, 2.05) is 17.9 Å². The van der Waals surface area contributed by atoms with Crippen molar-refractivity contribution in [2.75, 3.05) is 25.1 Å². The van der Waals surface area contributed by atoms with Crippen molar-refractivity contribution >= 4 is 34.3 Å². The SMILES string of the molecule is COC(=O)C1CN(c2ncnc3cc(Cl)ccc23)C[C@@H](C)O1. The number of hydrogen-bond acceptors (Lipinski definition) is 6. The van der Waals surface area contributed by atoms with Crippen LogP contribution in [0.2, 0.25) is 5.02 Å². The number of aromatic nitrogens is 2. The molecule has 0 aliphatic carbocycles. The lowest BCUT2D eigenvalue weighted by molar-refractivity contribution is -0.158. The molecule has 6 nitrogen and oxygen atoms in total. The second kappa shape index (κ2) is 6.06. The highest BCUT2D eigenvalue weighted by molar-refractivity contribution is 6.31. The molecule has 0 N–H and O–H groups in total. The van der Waals surface area contributed by atoms with Gasteiger partial charge in [0.25, 0.3) is 0 Å². The van der Waals surface area contributed by atoms with Gasteiger partial charge in [0.05, 0.1) is 25.3 Å². The fourth-order valence-electron chi connectivity index (χ4n) is 2.65. The minimum atomic E-state index is -0.619. The smallest absolute Gasteiger partial charge is 0.336 e. The molecule has 0 bridgehead atoms. The summed E-state index contributed by atoms with van der Waals surface area (Å²) in [6, 6.07) is 5.49. The van der Waals surface area contributed by atoms with Gasteiger partial charge in [-0.15, -0.1) is 0 Å². The molecule has 3 rings (SSSR count). The molecule has 2 atom stereocenters. The highest BCUT2D eigenvalue weighted by Crippen LogP contribution is 2.27. The first-order valence-electron chi connectivity index (χ1n) is 6.97. The Kier molecular flexibility index (Phi) is 4.13. The van der Waals surface area contributed by atoms with Crippen molar-refractivity contribution in [3.8, 4) is 0 Å². The van der Waals surface area contributed by atoms with Gasteiger partial charge in [-0.2, -0.15) is 0 Å². The van der Waals surface area contributed by atoms with Crippen LogP contribution in [-0.2, 0) is 14.3 Å². The van der Waals surface area contributed by atoms with Crippen LogP contribution in [0.15, 0.2) is 24.5 Å². The Morgan fingerprint density at radius 3 is 3.00 bits per heavy atom. The molecule has 0 spiro atoms. The van der Waals surface area contributed by atoms with Crippen molar-refractivity contribution in [1.29, 1.82) is 0 Å². The van der Waals surface area contributed by atoms with Crippen LogP contribution in [-0.4, -0.2) is 48.3 Å². The Hall–Kier alpha value is -1.92. The second-order valence-electron chi connectivity index (χ2n) is 5.22. The van der Waals surface area contributed by atoms with Gasteiger partial charge >= 0.3 is 5.97 Å². The summed E-state index contributed by atoms with van der Waals surface area (Å²) in [6.45, 7) is 2.95. The van der Waals surface area contributed by atoms with E-state index in [9.17, 15) is 4.79 Å². The van der Waals surface area contributed by atoms with Crippen LogP contribution in [0.25, 0.3) is 10.9 Å². The fourth-order valence-corrected chi connectivity index (χ4v) is 2.82. The third-order valence-corrected chi connectivity index (χ3v) is 3.84. The number of esters is 1. The van der Waals surface area contributed by atoms with Crippen LogP contribution in [0.5, 0.6) is 0 Å². The van der Waals surface area contributed by atoms with Gasteiger partial charge in [0.1, 0.15) is 12.1 Å².